The minimum absolute atomic E-state index is 0.0253. The number of esters is 1. The number of nitriles is 1. The lowest BCUT2D eigenvalue weighted by Gasteiger charge is -2.36. The number of allylic oxidation sites excluding steroid dienone is 3. The summed E-state index contributed by atoms with van der Waals surface area (Å²) in [5.74, 6) is 1.50. The number of ether oxygens (including phenoxy) is 1. The fraction of sp³-hybridized carbons (Fsp3) is 0.448. The lowest BCUT2D eigenvalue weighted by Crippen LogP contribution is -2.50. The predicted molar refractivity (Wildman–Crippen MR) is 155 cm³/mol. The largest absolute Gasteiger partial charge is 0.466 e. The van der Waals surface area contributed by atoms with E-state index in [1.807, 2.05) is 13.8 Å². The molecule has 1 rings (SSSR count). The molecule has 1 aromatic rings. The third-order valence-corrected chi connectivity index (χ3v) is 6.82. The second-order valence-corrected chi connectivity index (χ2v) is 9.92. The number of carbonyl (C=O) groups excluding carboxylic acids is 2. The van der Waals surface area contributed by atoms with Crippen LogP contribution in [0.15, 0.2) is 47.2 Å². The number of hydrogen-bond donors (Lipinski definition) is 2. The number of nitrogens with zero attached hydrogens (tertiary/aromatic N) is 3. The first-order valence-electron chi connectivity index (χ1n) is 12.6. The van der Waals surface area contributed by atoms with Crippen molar-refractivity contribution < 1.29 is 23.1 Å². The normalized spacial score (nSPS) is 14.1. The van der Waals surface area contributed by atoms with Gasteiger partial charge in [0.05, 0.1) is 24.7 Å². The fourth-order valence-corrected chi connectivity index (χ4v) is 4.43. The zero-order valence-electron chi connectivity index (χ0n) is 23.6. The van der Waals surface area contributed by atoms with Crippen molar-refractivity contribution in [2.24, 2.45) is 17.1 Å². The number of primary amides is 1. The van der Waals surface area contributed by atoms with Crippen LogP contribution in [0.25, 0.3) is 0 Å². The van der Waals surface area contributed by atoms with Crippen LogP contribution in [0, 0.1) is 38.8 Å². The van der Waals surface area contributed by atoms with Crippen LogP contribution in [0.4, 0.5) is 19.3 Å². The van der Waals surface area contributed by atoms with E-state index in [0.29, 0.717) is 18.4 Å². The molecular weight excluding hydrogens is 584 g/mol. The third-order valence-electron chi connectivity index (χ3n) is 6.63. The first-order valence-corrected chi connectivity index (χ1v) is 13.4. The van der Waals surface area contributed by atoms with Crippen molar-refractivity contribution in [3.8, 4) is 16.8 Å². The number of carbonyl (C=O) groups is 2. The van der Waals surface area contributed by atoms with Crippen molar-refractivity contribution in [2.75, 3.05) is 18.6 Å². The maximum Gasteiger partial charge on any atom is 0.335 e. The van der Waals surface area contributed by atoms with E-state index < -0.39 is 35.7 Å². The van der Waals surface area contributed by atoms with Crippen LogP contribution in [0.3, 0.4) is 0 Å². The van der Waals surface area contributed by atoms with E-state index in [-0.39, 0.29) is 29.1 Å². The summed E-state index contributed by atoms with van der Waals surface area (Å²) in [6, 6.07) is 6.55. The van der Waals surface area contributed by atoms with E-state index in [4.69, 9.17) is 15.9 Å². The molecule has 0 aromatic heterocycles. The van der Waals surface area contributed by atoms with Gasteiger partial charge < -0.3 is 10.5 Å². The summed E-state index contributed by atoms with van der Waals surface area (Å²) >= 11 is 3.13. The fourth-order valence-electron chi connectivity index (χ4n) is 4.22. The van der Waals surface area contributed by atoms with Crippen LogP contribution < -0.4 is 10.6 Å². The highest BCUT2D eigenvalue weighted by Crippen LogP contribution is 2.37. The first-order chi connectivity index (χ1) is 18.8. The second-order valence-electron chi connectivity index (χ2n) is 9.52. The lowest BCUT2D eigenvalue weighted by atomic mass is 9.74. The first kappa shape index (κ1) is 34.3. The Morgan fingerprint density at radius 3 is 2.45 bits per heavy atom. The van der Waals surface area contributed by atoms with Gasteiger partial charge in [-0.2, -0.15) is 5.26 Å². The molecule has 2 atom stereocenters. The van der Waals surface area contributed by atoms with Gasteiger partial charge in [-0.15, -0.1) is 0 Å². The van der Waals surface area contributed by atoms with E-state index in [1.54, 1.807) is 13.0 Å². The van der Waals surface area contributed by atoms with E-state index in [0.717, 1.165) is 11.3 Å². The maximum absolute atomic E-state index is 13.5. The molecule has 0 saturated carbocycles. The number of rotatable bonds is 11. The van der Waals surface area contributed by atoms with Crippen LogP contribution in [0.2, 0.25) is 0 Å². The minimum atomic E-state index is -2.78. The molecule has 0 aliphatic rings. The van der Waals surface area contributed by atoms with Gasteiger partial charge in [-0.05, 0) is 50.6 Å². The van der Waals surface area contributed by atoms with Gasteiger partial charge in [0, 0.05) is 50.4 Å². The summed E-state index contributed by atoms with van der Waals surface area (Å²) in [6.07, 6.45) is 0.763. The van der Waals surface area contributed by atoms with Crippen LogP contribution in [-0.2, 0) is 9.53 Å². The molecule has 216 valence electrons. The third kappa shape index (κ3) is 8.92. The number of methoxy groups -OCH3 is 1. The molecule has 11 heteroatoms. The number of hydrogen-bond acceptors (Lipinski definition) is 5. The molecule has 2 unspecified atom stereocenters. The van der Waals surface area contributed by atoms with Gasteiger partial charge in [-0.1, -0.05) is 44.4 Å². The van der Waals surface area contributed by atoms with Crippen LogP contribution in [0.5, 0.6) is 0 Å². The Hall–Kier alpha value is -3.70. The SMILES string of the molecule is CCCC(C)(CCN(C(=N)N(C(C)=C(C)C(=O)OC)c1cccc(C(F)F)c1)C(N)=O)C(C#CBr)=CC(C)C#N. The van der Waals surface area contributed by atoms with Crippen LogP contribution in [0.1, 0.15) is 65.9 Å². The van der Waals surface area contributed by atoms with Crippen molar-refractivity contribution >= 4 is 39.6 Å². The molecule has 0 heterocycles. The van der Waals surface area contributed by atoms with E-state index >= 15 is 0 Å². The molecule has 2 amide bonds. The highest BCUT2D eigenvalue weighted by Gasteiger charge is 2.32. The number of halogens is 3. The molecule has 0 radical (unpaired) electrons. The molecule has 3 N–H and O–H groups in total. The van der Waals surface area contributed by atoms with E-state index in [1.165, 1.54) is 50.1 Å². The Morgan fingerprint density at radius 2 is 1.95 bits per heavy atom. The van der Waals surface area contributed by atoms with Crippen molar-refractivity contribution in [1.29, 1.82) is 10.7 Å². The lowest BCUT2D eigenvalue weighted by molar-refractivity contribution is -0.136. The van der Waals surface area contributed by atoms with Gasteiger partial charge in [0.25, 0.3) is 6.43 Å². The summed E-state index contributed by atoms with van der Waals surface area (Å²) in [5.41, 5.74) is 6.00. The highest BCUT2D eigenvalue weighted by molar-refractivity contribution is 9.12. The number of alkyl halides is 2. The van der Waals surface area contributed by atoms with Gasteiger partial charge in [0.2, 0.25) is 5.96 Å². The molecule has 0 aliphatic heterocycles. The topological polar surface area (TPSA) is 124 Å². The molecule has 0 spiro atoms. The van der Waals surface area contributed by atoms with Gasteiger partial charge in [0.15, 0.2) is 0 Å². The molecule has 0 saturated heterocycles. The van der Waals surface area contributed by atoms with Crippen molar-refractivity contribution in [2.45, 2.75) is 60.3 Å². The Labute approximate surface area is 243 Å². The summed E-state index contributed by atoms with van der Waals surface area (Å²) in [7, 11) is 1.20. The summed E-state index contributed by atoms with van der Waals surface area (Å²) < 4.78 is 31.9. The predicted octanol–water partition coefficient (Wildman–Crippen LogP) is 6.85. The number of amides is 2. The summed E-state index contributed by atoms with van der Waals surface area (Å²) in [6.45, 7) is 8.67. The highest BCUT2D eigenvalue weighted by atomic mass is 79.9. The van der Waals surface area contributed by atoms with Gasteiger partial charge in [-0.3, -0.25) is 15.2 Å². The second kappa shape index (κ2) is 15.8. The Bertz CT molecular complexity index is 1260. The summed E-state index contributed by atoms with van der Waals surface area (Å²) in [5, 5.41) is 18.3. The zero-order valence-corrected chi connectivity index (χ0v) is 25.2. The van der Waals surface area contributed by atoms with Gasteiger partial charge in [0.1, 0.15) is 0 Å². The number of guanidine groups is 1. The average molecular weight is 621 g/mol. The molecule has 40 heavy (non-hydrogen) atoms. The molecule has 0 bridgehead atoms. The van der Waals surface area contributed by atoms with E-state index in [9.17, 15) is 23.6 Å². The van der Waals surface area contributed by atoms with Crippen molar-refractivity contribution in [3.63, 3.8) is 0 Å². The number of benzene rings is 1. The Morgan fingerprint density at radius 1 is 1.30 bits per heavy atom. The molecular formula is C29H36BrF2N5O3. The smallest absolute Gasteiger partial charge is 0.335 e. The molecule has 0 fully saturated rings. The maximum atomic E-state index is 13.5. The van der Waals surface area contributed by atoms with Crippen molar-refractivity contribution in [3.05, 3.63) is 52.7 Å². The van der Waals surface area contributed by atoms with Gasteiger partial charge in [-0.25, -0.2) is 18.4 Å². The van der Waals surface area contributed by atoms with Gasteiger partial charge >= 0.3 is 12.0 Å². The number of urea groups is 1. The number of nitrogens with one attached hydrogen (secondary N) is 1. The van der Waals surface area contributed by atoms with Crippen LogP contribution in [-0.4, -0.2) is 36.5 Å². The minimum Gasteiger partial charge on any atom is -0.466 e. The molecule has 8 nitrogen and oxygen atoms in total. The number of nitrogens with two attached hydrogens (primary N) is 1. The summed E-state index contributed by atoms with van der Waals surface area (Å²) in [4.78, 5) is 30.0. The Balaban J connectivity index is 3.67. The Kier molecular flexibility index (Phi) is 13.5. The average Bonchev–Trinajstić information content (AvgIpc) is 2.92. The van der Waals surface area contributed by atoms with Crippen molar-refractivity contribution in [1.82, 2.24) is 4.90 Å². The van der Waals surface area contributed by atoms with Crippen LogP contribution >= 0.6 is 15.9 Å². The number of anilines is 1. The standard InChI is InChI=1S/C29H36BrF2N5O3/c1-7-12-29(5,23(11-14-30)16-19(2)18-33)13-15-36(28(35)39)27(34)37(21(4)20(3)26(38)40-6)24-10-8-9-22(17-24)25(31)32/h8-10,16-17,19,25,34H,7,12-13,15H2,1-6H3,(H2,35,39). The van der Waals surface area contributed by atoms with E-state index in [2.05, 4.69) is 32.7 Å². The zero-order chi connectivity index (χ0) is 30.6. The quantitative estimate of drug-likeness (QED) is 0.0921. The molecule has 0 aliphatic carbocycles. The monoisotopic (exact) mass is 619 g/mol. The molecule has 1 aromatic carbocycles.